The Morgan fingerprint density at radius 1 is 1.26 bits per heavy atom. The quantitative estimate of drug-likeness (QED) is 0.707. The molecule has 0 amide bonds. The predicted molar refractivity (Wildman–Crippen MR) is 71.2 cm³/mol. The van der Waals surface area contributed by atoms with Gasteiger partial charge in [-0.05, 0) is 12.1 Å². The number of carboxylic acids is 1. The van der Waals surface area contributed by atoms with Crippen LogP contribution in [0, 0.1) is 0 Å². The van der Waals surface area contributed by atoms with E-state index in [2.05, 4.69) is 0 Å². The van der Waals surface area contributed by atoms with Crippen molar-refractivity contribution in [2.75, 3.05) is 33.5 Å². The van der Waals surface area contributed by atoms with Crippen molar-refractivity contribution in [1.29, 1.82) is 0 Å². The van der Waals surface area contributed by atoms with Crippen LogP contribution in [0.25, 0.3) is 0 Å². The first kappa shape index (κ1) is 15.8. The average molecular weight is 289 g/mol. The lowest BCUT2D eigenvalue weighted by atomic mass is 10.2. The van der Waals surface area contributed by atoms with Crippen LogP contribution in [-0.4, -0.2) is 44.6 Å². The molecule has 1 N–H and O–H groups in total. The molecule has 19 heavy (non-hydrogen) atoms. The monoisotopic (exact) mass is 288 g/mol. The molecule has 0 aliphatic rings. The van der Waals surface area contributed by atoms with Gasteiger partial charge in [0.15, 0.2) is 0 Å². The van der Waals surface area contributed by atoms with E-state index in [1.807, 2.05) is 0 Å². The van der Waals surface area contributed by atoms with Crippen molar-refractivity contribution in [3.63, 3.8) is 0 Å². The second kappa shape index (κ2) is 8.74. The largest absolute Gasteiger partial charge is 0.493 e. The van der Waals surface area contributed by atoms with Crippen molar-refractivity contribution < 1.29 is 24.1 Å². The summed E-state index contributed by atoms with van der Waals surface area (Å²) < 4.78 is 15.5. The first-order chi connectivity index (χ1) is 9.16. The van der Waals surface area contributed by atoms with Crippen LogP contribution >= 0.6 is 11.6 Å². The van der Waals surface area contributed by atoms with Gasteiger partial charge in [-0.25, -0.2) is 4.79 Å². The molecule has 0 atom stereocenters. The number of carboxylic acid groups (broad SMARTS) is 1. The Hall–Kier alpha value is -1.30. The number of carbonyl (C=O) groups is 1. The molecule has 0 heterocycles. The van der Waals surface area contributed by atoms with Gasteiger partial charge >= 0.3 is 5.97 Å². The van der Waals surface area contributed by atoms with Crippen molar-refractivity contribution in [2.24, 2.45) is 0 Å². The van der Waals surface area contributed by atoms with E-state index in [4.69, 9.17) is 30.9 Å². The minimum absolute atomic E-state index is 0.00975. The first-order valence-electron chi connectivity index (χ1n) is 5.88. The molecular weight excluding hydrogens is 272 g/mol. The highest BCUT2D eigenvalue weighted by Gasteiger charge is 2.15. The first-order valence-corrected chi connectivity index (χ1v) is 6.26. The van der Waals surface area contributed by atoms with E-state index in [0.29, 0.717) is 32.8 Å². The molecule has 106 valence electrons. The number of methoxy groups -OCH3 is 1. The van der Waals surface area contributed by atoms with E-state index in [0.717, 1.165) is 0 Å². The fourth-order valence-electron chi connectivity index (χ4n) is 1.42. The number of ether oxygens (including phenoxy) is 3. The van der Waals surface area contributed by atoms with Gasteiger partial charge in [0.1, 0.15) is 11.3 Å². The Morgan fingerprint density at radius 2 is 2.05 bits per heavy atom. The highest BCUT2D eigenvalue weighted by atomic mass is 35.5. The van der Waals surface area contributed by atoms with Crippen LogP contribution in [0.3, 0.4) is 0 Å². The smallest absolute Gasteiger partial charge is 0.341 e. The summed E-state index contributed by atoms with van der Waals surface area (Å²) >= 11 is 5.82. The summed E-state index contributed by atoms with van der Waals surface area (Å²) in [5, 5.41) is 9.21. The highest BCUT2D eigenvalue weighted by molar-refractivity contribution is 6.33. The Balaban J connectivity index is 2.37. The zero-order chi connectivity index (χ0) is 14.1. The number of benzene rings is 1. The van der Waals surface area contributed by atoms with E-state index in [1.165, 1.54) is 6.07 Å². The van der Waals surface area contributed by atoms with Gasteiger partial charge in [-0.15, -0.1) is 0 Å². The van der Waals surface area contributed by atoms with Crippen molar-refractivity contribution in [3.8, 4) is 5.75 Å². The average Bonchev–Trinajstić information content (AvgIpc) is 2.37. The van der Waals surface area contributed by atoms with E-state index >= 15 is 0 Å². The normalized spacial score (nSPS) is 10.4. The van der Waals surface area contributed by atoms with Crippen molar-refractivity contribution in [2.45, 2.75) is 6.42 Å². The SMILES string of the molecule is COCCOCCCOc1cccc(Cl)c1C(=O)O. The highest BCUT2D eigenvalue weighted by Crippen LogP contribution is 2.26. The maximum absolute atomic E-state index is 11.0. The molecule has 1 aromatic carbocycles. The second-order valence-electron chi connectivity index (χ2n) is 3.73. The summed E-state index contributed by atoms with van der Waals surface area (Å²) in [5.41, 5.74) is -0.00975. The predicted octanol–water partition coefficient (Wildman–Crippen LogP) is 2.47. The van der Waals surface area contributed by atoms with Crippen LogP contribution in [0.1, 0.15) is 16.8 Å². The number of hydrogen-bond donors (Lipinski definition) is 1. The van der Waals surface area contributed by atoms with Crippen LogP contribution in [0.5, 0.6) is 5.75 Å². The van der Waals surface area contributed by atoms with Gasteiger partial charge < -0.3 is 19.3 Å². The van der Waals surface area contributed by atoms with Crippen LogP contribution in [0.4, 0.5) is 0 Å². The van der Waals surface area contributed by atoms with Gasteiger partial charge in [-0.2, -0.15) is 0 Å². The molecular formula is C13H17ClO5. The topological polar surface area (TPSA) is 65.0 Å². The second-order valence-corrected chi connectivity index (χ2v) is 4.13. The fraction of sp³-hybridized carbons (Fsp3) is 0.462. The molecule has 6 heteroatoms. The van der Waals surface area contributed by atoms with Gasteiger partial charge in [0.05, 0.1) is 24.8 Å². The third-order valence-corrected chi connectivity index (χ3v) is 2.63. The molecule has 1 rings (SSSR count). The van der Waals surface area contributed by atoms with Crippen molar-refractivity contribution >= 4 is 17.6 Å². The third kappa shape index (κ3) is 5.46. The zero-order valence-corrected chi connectivity index (χ0v) is 11.5. The van der Waals surface area contributed by atoms with Gasteiger partial charge in [-0.3, -0.25) is 0 Å². The minimum atomic E-state index is -1.10. The van der Waals surface area contributed by atoms with Gasteiger partial charge in [0, 0.05) is 20.1 Å². The molecule has 0 aromatic heterocycles. The zero-order valence-electron chi connectivity index (χ0n) is 10.7. The van der Waals surface area contributed by atoms with E-state index in [9.17, 15) is 4.79 Å². The molecule has 0 bridgehead atoms. The van der Waals surface area contributed by atoms with Gasteiger partial charge in [0.2, 0.25) is 0 Å². The maximum Gasteiger partial charge on any atom is 0.341 e. The summed E-state index contributed by atoms with van der Waals surface area (Å²) in [4.78, 5) is 11.0. The van der Waals surface area contributed by atoms with Crippen LogP contribution < -0.4 is 4.74 Å². The minimum Gasteiger partial charge on any atom is -0.493 e. The van der Waals surface area contributed by atoms with E-state index in [1.54, 1.807) is 19.2 Å². The number of aromatic carboxylic acids is 1. The summed E-state index contributed by atoms with van der Waals surface area (Å²) in [5.74, 6) is -0.825. The molecule has 0 aliphatic heterocycles. The van der Waals surface area contributed by atoms with Crippen molar-refractivity contribution in [3.05, 3.63) is 28.8 Å². The summed E-state index contributed by atoms with van der Waals surface area (Å²) in [6.45, 7) is 1.99. The molecule has 0 radical (unpaired) electrons. The van der Waals surface area contributed by atoms with Crippen LogP contribution in [0.2, 0.25) is 5.02 Å². The molecule has 0 saturated heterocycles. The molecule has 0 aliphatic carbocycles. The van der Waals surface area contributed by atoms with Crippen LogP contribution in [0.15, 0.2) is 18.2 Å². The van der Waals surface area contributed by atoms with Gasteiger partial charge in [-0.1, -0.05) is 17.7 Å². The Morgan fingerprint density at radius 3 is 2.74 bits per heavy atom. The lowest BCUT2D eigenvalue weighted by Crippen LogP contribution is -2.09. The standard InChI is InChI=1S/C13H17ClO5/c1-17-8-9-18-6-3-7-19-11-5-2-4-10(14)12(11)13(15)16/h2,4-5H,3,6-9H2,1H3,(H,15,16). The third-order valence-electron chi connectivity index (χ3n) is 2.31. The Kier molecular flexibility index (Phi) is 7.25. The maximum atomic E-state index is 11.0. The van der Waals surface area contributed by atoms with Crippen LogP contribution in [-0.2, 0) is 9.47 Å². The molecule has 0 fully saturated rings. The molecule has 0 spiro atoms. The number of rotatable bonds is 9. The van der Waals surface area contributed by atoms with Gasteiger partial charge in [0.25, 0.3) is 0 Å². The lowest BCUT2D eigenvalue weighted by Gasteiger charge is -2.10. The summed E-state index contributed by atoms with van der Waals surface area (Å²) in [6, 6.07) is 4.76. The fourth-order valence-corrected chi connectivity index (χ4v) is 1.67. The molecule has 0 saturated carbocycles. The summed E-state index contributed by atoms with van der Waals surface area (Å²) in [6.07, 6.45) is 0.662. The molecule has 0 unspecified atom stereocenters. The summed E-state index contributed by atoms with van der Waals surface area (Å²) in [7, 11) is 1.61. The number of hydrogen-bond acceptors (Lipinski definition) is 4. The Labute approximate surface area is 117 Å². The van der Waals surface area contributed by atoms with E-state index < -0.39 is 5.97 Å². The van der Waals surface area contributed by atoms with E-state index in [-0.39, 0.29) is 16.3 Å². The Bertz CT molecular complexity index is 408. The molecule has 1 aromatic rings. The lowest BCUT2D eigenvalue weighted by molar-refractivity contribution is 0.0637. The molecule has 5 nitrogen and oxygen atoms in total. The number of halogens is 1. The van der Waals surface area contributed by atoms with Crippen molar-refractivity contribution in [1.82, 2.24) is 0 Å².